The van der Waals surface area contributed by atoms with Crippen LogP contribution in [0.15, 0.2) is 53.9 Å². The third-order valence-electron chi connectivity index (χ3n) is 4.27. The van der Waals surface area contributed by atoms with E-state index < -0.39 is 5.82 Å². The van der Waals surface area contributed by atoms with Crippen molar-refractivity contribution in [3.8, 4) is 0 Å². The molecule has 2 heterocycles. The van der Waals surface area contributed by atoms with Crippen molar-refractivity contribution in [2.75, 3.05) is 18.5 Å². The molecule has 1 amide bonds. The monoisotopic (exact) mass is 365 g/mol. The van der Waals surface area contributed by atoms with E-state index in [9.17, 15) is 9.18 Å². The average molecular weight is 365 g/mol. The third kappa shape index (κ3) is 2.96. The van der Waals surface area contributed by atoms with E-state index in [2.05, 4.69) is 25.8 Å². The summed E-state index contributed by atoms with van der Waals surface area (Å²) in [4.78, 5) is 17.0. The molecule has 0 atom stereocenters. The van der Waals surface area contributed by atoms with Gasteiger partial charge in [0.2, 0.25) is 0 Å². The summed E-state index contributed by atoms with van der Waals surface area (Å²) in [6, 6.07) is 7.99. The number of halogens is 1. The van der Waals surface area contributed by atoms with Crippen molar-refractivity contribution in [2.24, 2.45) is 4.99 Å². The smallest absolute Gasteiger partial charge is 0.253 e. The number of amides is 1. The lowest BCUT2D eigenvalue weighted by Crippen LogP contribution is -2.27. The molecule has 3 aromatic rings. The number of carbonyl (C=O) groups is 1. The first kappa shape index (κ1) is 16.9. The second-order valence-corrected chi connectivity index (χ2v) is 5.90. The summed E-state index contributed by atoms with van der Waals surface area (Å²) in [5.41, 5.74) is 2.86. The van der Waals surface area contributed by atoms with Gasteiger partial charge in [-0.05, 0) is 18.2 Å². The Bertz CT molecular complexity index is 1090. The van der Waals surface area contributed by atoms with E-state index in [-0.39, 0.29) is 19.1 Å². The van der Waals surface area contributed by atoms with Crippen molar-refractivity contribution < 1.29 is 14.3 Å². The minimum Gasteiger partial charge on any atom is -0.395 e. The molecule has 0 aliphatic carbocycles. The van der Waals surface area contributed by atoms with Crippen molar-refractivity contribution in [3.05, 3.63) is 71.4 Å². The first-order valence-electron chi connectivity index (χ1n) is 8.34. The number of aliphatic hydroxyl groups excluding tert-OH is 1. The predicted octanol–water partition coefficient (Wildman–Crippen LogP) is 2.16. The van der Waals surface area contributed by atoms with E-state index in [4.69, 9.17) is 5.11 Å². The van der Waals surface area contributed by atoms with Crippen molar-refractivity contribution in [2.45, 2.75) is 0 Å². The van der Waals surface area contributed by atoms with E-state index in [1.807, 2.05) is 0 Å². The van der Waals surface area contributed by atoms with Crippen LogP contribution in [0.2, 0.25) is 0 Å². The van der Waals surface area contributed by atoms with Gasteiger partial charge in [-0.2, -0.15) is 5.10 Å². The van der Waals surface area contributed by atoms with Crippen molar-refractivity contribution in [1.29, 1.82) is 0 Å². The SMILES string of the molecule is O=C(NCCO)c1cc2c(c3cn[nH]c13)NC=CN=C2c1ccccc1F. The summed E-state index contributed by atoms with van der Waals surface area (Å²) in [6.07, 6.45) is 4.78. The van der Waals surface area contributed by atoms with Crippen LogP contribution in [-0.4, -0.2) is 40.1 Å². The maximum Gasteiger partial charge on any atom is 0.253 e. The molecule has 0 bridgehead atoms. The van der Waals surface area contributed by atoms with Crippen LogP contribution < -0.4 is 10.6 Å². The summed E-state index contributed by atoms with van der Waals surface area (Å²) >= 11 is 0. The molecule has 1 aromatic heterocycles. The highest BCUT2D eigenvalue weighted by atomic mass is 19.1. The molecule has 27 heavy (non-hydrogen) atoms. The van der Waals surface area contributed by atoms with Gasteiger partial charge in [-0.15, -0.1) is 0 Å². The number of nitrogens with one attached hydrogen (secondary N) is 3. The Hall–Kier alpha value is -3.52. The molecule has 2 aromatic carbocycles. The summed E-state index contributed by atoms with van der Waals surface area (Å²) in [7, 11) is 0. The number of H-pyrrole nitrogens is 1. The second-order valence-electron chi connectivity index (χ2n) is 5.90. The molecule has 4 N–H and O–H groups in total. The lowest BCUT2D eigenvalue weighted by molar-refractivity contribution is 0.0946. The largest absolute Gasteiger partial charge is 0.395 e. The quantitative estimate of drug-likeness (QED) is 0.569. The van der Waals surface area contributed by atoms with Gasteiger partial charge in [-0.25, -0.2) is 4.39 Å². The fraction of sp³-hybridized carbons (Fsp3) is 0.105. The number of aromatic nitrogens is 2. The molecule has 0 radical (unpaired) electrons. The van der Waals surface area contributed by atoms with Crippen LogP contribution in [0.25, 0.3) is 10.9 Å². The van der Waals surface area contributed by atoms with Gasteiger partial charge in [-0.1, -0.05) is 12.1 Å². The number of aromatic amines is 1. The van der Waals surface area contributed by atoms with Crippen LogP contribution in [0, 0.1) is 5.82 Å². The molecular formula is C19H16FN5O2. The lowest BCUT2D eigenvalue weighted by Gasteiger charge is -2.15. The molecule has 136 valence electrons. The number of fused-ring (bicyclic) bond motifs is 3. The third-order valence-corrected chi connectivity index (χ3v) is 4.27. The zero-order valence-corrected chi connectivity index (χ0v) is 14.2. The molecule has 0 spiro atoms. The Morgan fingerprint density at radius 2 is 2.11 bits per heavy atom. The molecular weight excluding hydrogens is 349 g/mol. The first-order valence-corrected chi connectivity index (χ1v) is 8.34. The van der Waals surface area contributed by atoms with Gasteiger partial charge < -0.3 is 15.7 Å². The highest BCUT2D eigenvalue weighted by Crippen LogP contribution is 2.33. The number of carbonyl (C=O) groups excluding carboxylic acids is 1. The van der Waals surface area contributed by atoms with Crippen LogP contribution in [0.1, 0.15) is 21.5 Å². The van der Waals surface area contributed by atoms with Gasteiger partial charge in [0.1, 0.15) is 5.82 Å². The zero-order chi connectivity index (χ0) is 18.8. The number of aliphatic hydroxyl groups is 1. The van der Waals surface area contributed by atoms with Gasteiger partial charge >= 0.3 is 0 Å². The van der Waals surface area contributed by atoms with Gasteiger partial charge in [-0.3, -0.25) is 14.9 Å². The molecule has 8 heteroatoms. The Labute approximate surface area is 153 Å². The molecule has 1 aliphatic rings. The maximum atomic E-state index is 14.4. The Morgan fingerprint density at radius 3 is 2.93 bits per heavy atom. The fourth-order valence-electron chi connectivity index (χ4n) is 3.07. The number of hydrogen-bond acceptors (Lipinski definition) is 5. The van der Waals surface area contributed by atoms with Gasteiger partial charge in [0.25, 0.3) is 5.91 Å². The van der Waals surface area contributed by atoms with E-state index >= 15 is 0 Å². The van der Waals surface area contributed by atoms with E-state index in [0.717, 1.165) is 0 Å². The number of rotatable bonds is 4. The number of nitrogens with zero attached hydrogens (tertiary/aromatic N) is 2. The minimum absolute atomic E-state index is 0.125. The number of aliphatic imine (C=N–C) groups is 1. The second kappa shape index (κ2) is 7.00. The van der Waals surface area contributed by atoms with Crippen molar-refractivity contribution in [1.82, 2.24) is 15.5 Å². The summed E-state index contributed by atoms with van der Waals surface area (Å²) in [6.45, 7) is -0.0458. The molecule has 7 nitrogen and oxygen atoms in total. The number of benzene rings is 2. The summed E-state index contributed by atoms with van der Waals surface area (Å²) in [5, 5.41) is 22.3. The van der Waals surface area contributed by atoms with Gasteiger partial charge in [0.15, 0.2) is 0 Å². The lowest BCUT2D eigenvalue weighted by atomic mass is 9.95. The fourth-order valence-corrected chi connectivity index (χ4v) is 3.07. The predicted molar refractivity (Wildman–Crippen MR) is 100 cm³/mol. The standard InChI is InChI=1S/C19H16FN5O2/c20-15-4-2-1-3-11(15)16-12-9-13(19(27)23-7-8-26)18-14(10-24-25-18)17(12)22-6-5-21-16/h1-6,9-10,22,26H,7-8H2,(H,23,27)(H,24,25). The van der Waals surface area contributed by atoms with Crippen LogP contribution in [0.5, 0.6) is 0 Å². The van der Waals surface area contributed by atoms with Crippen LogP contribution in [-0.2, 0) is 0 Å². The first-order chi connectivity index (χ1) is 13.2. The van der Waals surface area contributed by atoms with E-state index in [1.54, 1.807) is 42.9 Å². The topological polar surface area (TPSA) is 102 Å². The van der Waals surface area contributed by atoms with E-state index in [0.29, 0.717) is 39.0 Å². The Morgan fingerprint density at radius 1 is 1.26 bits per heavy atom. The van der Waals surface area contributed by atoms with Crippen LogP contribution in [0.3, 0.4) is 0 Å². The maximum absolute atomic E-state index is 14.4. The van der Waals surface area contributed by atoms with Crippen LogP contribution in [0.4, 0.5) is 10.1 Å². The zero-order valence-electron chi connectivity index (χ0n) is 14.2. The number of anilines is 1. The minimum atomic E-state index is -0.406. The summed E-state index contributed by atoms with van der Waals surface area (Å²) in [5.74, 6) is -0.776. The highest BCUT2D eigenvalue weighted by molar-refractivity contribution is 6.22. The Kier molecular flexibility index (Phi) is 4.39. The Balaban J connectivity index is 1.95. The number of hydrogen-bond donors (Lipinski definition) is 4. The average Bonchev–Trinajstić information content (AvgIpc) is 3.07. The van der Waals surface area contributed by atoms with Crippen molar-refractivity contribution in [3.63, 3.8) is 0 Å². The molecule has 0 fully saturated rings. The van der Waals surface area contributed by atoms with Crippen LogP contribution >= 0.6 is 0 Å². The van der Waals surface area contributed by atoms with Crippen molar-refractivity contribution >= 4 is 28.2 Å². The molecule has 0 saturated heterocycles. The summed E-state index contributed by atoms with van der Waals surface area (Å²) < 4.78 is 14.4. The van der Waals surface area contributed by atoms with E-state index in [1.165, 1.54) is 6.07 Å². The normalized spacial score (nSPS) is 12.9. The highest BCUT2D eigenvalue weighted by Gasteiger charge is 2.23. The molecule has 1 aliphatic heterocycles. The molecule has 0 unspecified atom stereocenters. The molecule has 4 rings (SSSR count). The molecule has 0 saturated carbocycles. The van der Waals surface area contributed by atoms with Gasteiger partial charge in [0.05, 0.1) is 35.3 Å². The van der Waals surface area contributed by atoms with Gasteiger partial charge in [0, 0.05) is 35.5 Å².